The Morgan fingerprint density at radius 2 is 2.05 bits per heavy atom. The molecule has 1 atom stereocenters. The normalized spacial score (nSPS) is 12.1. The Morgan fingerprint density at radius 3 is 2.77 bits per heavy atom. The molecule has 0 unspecified atom stereocenters. The van der Waals surface area contributed by atoms with Gasteiger partial charge in [-0.05, 0) is 32.0 Å². The second-order valence-corrected chi connectivity index (χ2v) is 5.92. The number of aromatic nitrogens is 2. The highest BCUT2D eigenvalue weighted by Gasteiger charge is 2.16. The smallest absolute Gasteiger partial charge is 0.323 e. The molecule has 22 heavy (non-hydrogen) atoms. The third kappa shape index (κ3) is 4.14. The molecule has 0 spiro atoms. The topological polar surface area (TPSA) is 104 Å². The number of thioether (sulfide) groups is 1. The maximum atomic E-state index is 12.1. The number of H-pyrrole nitrogens is 2. The third-order valence-electron chi connectivity index (χ3n) is 2.91. The van der Waals surface area contributed by atoms with E-state index in [0.717, 1.165) is 0 Å². The van der Waals surface area contributed by atoms with E-state index in [1.807, 2.05) is 0 Å². The Hall–Kier alpha value is -2.22. The zero-order chi connectivity index (χ0) is 16.1. The van der Waals surface area contributed by atoms with Gasteiger partial charge in [0.1, 0.15) is 0 Å². The van der Waals surface area contributed by atoms with Crippen molar-refractivity contribution in [1.29, 1.82) is 0 Å². The van der Waals surface area contributed by atoms with Gasteiger partial charge in [-0.15, -0.1) is 11.8 Å². The van der Waals surface area contributed by atoms with Crippen LogP contribution < -0.4 is 11.0 Å². The van der Waals surface area contributed by atoms with E-state index >= 15 is 0 Å². The van der Waals surface area contributed by atoms with Gasteiger partial charge >= 0.3 is 11.7 Å². The fourth-order valence-corrected chi connectivity index (χ4v) is 2.51. The van der Waals surface area contributed by atoms with Crippen LogP contribution in [0.1, 0.15) is 13.8 Å². The van der Waals surface area contributed by atoms with Crippen LogP contribution in [0.3, 0.4) is 0 Å². The van der Waals surface area contributed by atoms with Gasteiger partial charge in [0.25, 0.3) is 0 Å². The predicted octanol–water partition coefficient (Wildman–Crippen LogP) is 1.48. The monoisotopic (exact) mass is 323 g/mol. The zero-order valence-corrected chi connectivity index (χ0v) is 13.1. The molecule has 0 bridgehead atoms. The highest BCUT2D eigenvalue weighted by atomic mass is 32.2. The number of aromatic amines is 2. The summed E-state index contributed by atoms with van der Waals surface area (Å²) in [6.07, 6.45) is 0. The van der Waals surface area contributed by atoms with Crippen molar-refractivity contribution in [3.8, 4) is 0 Å². The Labute approximate surface area is 130 Å². The highest BCUT2D eigenvalue weighted by molar-refractivity contribution is 8.01. The number of nitrogens with one attached hydrogen (secondary N) is 3. The molecule has 0 fully saturated rings. The second kappa shape index (κ2) is 7.17. The number of ether oxygens (including phenoxy) is 1. The average Bonchev–Trinajstić information content (AvgIpc) is 2.84. The first-order chi connectivity index (χ1) is 10.5. The maximum absolute atomic E-state index is 12.1. The number of carbonyl (C=O) groups excluding carboxylic acids is 2. The minimum Gasteiger partial charge on any atom is -0.465 e. The van der Waals surface area contributed by atoms with Crippen molar-refractivity contribution in [2.45, 2.75) is 19.1 Å². The molecular weight excluding hydrogens is 306 g/mol. The zero-order valence-electron chi connectivity index (χ0n) is 12.3. The summed E-state index contributed by atoms with van der Waals surface area (Å²) in [5.74, 6) is -0.419. The maximum Gasteiger partial charge on any atom is 0.323 e. The van der Waals surface area contributed by atoms with Gasteiger partial charge in [0.05, 0.1) is 28.6 Å². The molecule has 7 nitrogen and oxygen atoms in total. The van der Waals surface area contributed by atoms with Crippen molar-refractivity contribution in [2.24, 2.45) is 0 Å². The van der Waals surface area contributed by atoms with Gasteiger partial charge in [-0.3, -0.25) is 9.59 Å². The SMILES string of the molecule is CCOC(=O)CS[C@H](C)C(=O)Nc1ccc2[nH]c(=O)[nH]c2c1. The minimum absolute atomic E-state index is 0.132. The fraction of sp³-hybridized carbons (Fsp3) is 0.357. The van der Waals surface area contributed by atoms with Crippen molar-refractivity contribution < 1.29 is 14.3 Å². The van der Waals surface area contributed by atoms with Crippen LogP contribution in [0.25, 0.3) is 11.0 Å². The molecule has 1 amide bonds. The van der Waals surface area contributed by atoms with E-state index in [1.165, 1.54) is 11.8 Å². The first-order valence-corrected chi connectivity index (χ1v) is 7.84. The molecule has 118 valence electrons. The molecule has 0 radical (unpaired) electrons. The molecular formula is C14H17N3O4S. The van der Waals surface area contributed by atoms with Crippen LogP contribution in [0.5, 0.6) is 0 Å². The number of rotatable bonds is 6. The standard InChI is InChI=1S/C14H17N3O4S/c1-3-21-12(18)7-22-8(2)13(19)15-9-4-5-10-11(6-9)17-14(20)16-10/h4-6,8H,3,7H2,1-2H3,(H,15,19)(H2,16,17,20)/t8-/m1/s1. The number of imidazole rings is 1. The Balaban J connectivity index is 1.94. The number of hydrogen-bond acceptors (Lipinski definition) is 5. The quantitative estimate of drug-likeness (QED) is 0.699. The lowest BCUT2D eigenvalue weighted by molar-refractivity contribution is -0.139. The van der Waals surface area contributed by atoms with Gasteiger partial charge in [0.2, 0.25) is 5.91 Å². The Bertz CT molecular complexity index is 737. The summed E-state index contributed by atoms with van der Waals surface area (Å²) in [5, 5.41) is 2.35. The van der Waals surface area contributed by atoms with Crippen molar-refractivity contribution in [3.05, 3.63) is 28.7 Å². The van der Waals surface area contributed by atoms with Gasteiger partial charge in [0, 0.05) is 5.69 Å². The Kier molecular flexibility index (Phi) is 5.26. The number of amides is 1. The van der Waals surface area contributed by atoms with Crippen LogP contribution >= 0.6 is 11.8 Å². The van der Waals surface area contributed by atoms with Gasteiger partial charge in [-0.25, -0.2) is 4.79 Å². The van der Waals surface area contributed by atoms with Crippen molar-refractivity contribution in [1.82, 2.24) is 9.97 Å². The van der Waals surface area contributed by atoms with Crippen LogP contribution in [-0.4, -0.2) is 39.5 Å². The molecule has 8 heteroatoms. The highest BCUT2D eigenvalue weighted by Crippen LogP contribution is 2.17. The summed E-state index contributed by atoms with van der Waals surface area (Å²) in [7, 11) is 0. The lowest BCUT2D eigenvalue weighted by Crippen LogP contribution is -2.24. The minimum atomic E-state index is -0.398. The van der Waals surface area contributed by atoms with E-state index in [0.29, 0.717) is 23.3 Å². The summed E-state index contributed by atoms with van der Waals surface area (Å²) in [4.78, 5) is 39.8. The van der Waals surface area contributed by atoms with Crippen molar-refractivity contribution >= 4 is 40.4 Å². The van der Waals surface area contributed by atoms with E-state index in [9.17, 15) is 14.4 Å². The van der Waals surface area contributed by atoms with E-state index in [-0.39, 0.29) is 23.3 Å². The van der Waals surface area contributed by atoms with E-state index in [4.69, 9.17) is 4.74 Å². The summed E-state index contributed by atoms with van der Waals surface area (Å²) < 4.78 is 4.81. The average molecular weight is 323 g/mol. The summed E-state index contributed by atoms with van der Waals surface area (Å²) >= 11 is 1.21. The molecule has 3 N–H and O–H groups in total. The summed E-state index contributed by atoms with van der Waals surface area (Å²) in [6, 6.07) is 5.08. The third-order valence-corrected chi connectivity index (χ3v) is 4.03. The van der Waals surface area contributed by atoms with E-state index < -0.39 is 5.25 Å². The number of anilines is 1. The molecule has 2 aromatic rings. The van der Waals surface area contributed by atoms with Crippen LogP contribution in [0.4, 0.5) is 5.69 Å². The molecule has 0 aliphatic rings. The van der Waals surface area contributed by atoms with Crippen LogP contribution in [-0.2, 0) is 14.3 Å². The van der Waals surface area contributed by atoms with E-state index in [1.54, 1.807) is 32.0 Å². The molecule has 1 aromatic heterocycles. The molecule has 0 aliphatic heterocycles. The Morgan fingerprint density at radius 1 is 1.32 bits per heavy atom. The predicted molar refractivity (Wildman–Crippen MR) is 86.1 cm³/mol. The largest absolute Gasteiger partial charge is 0.465 e. The molecule has 0 aliphatic carbocycles. The number of hydrogen-bond donors (Lipinski definition) is 3. The van der Waals surface area contributed by atoms with Crippen LogP contribution in [0.15, 0.2) is 23.0 Å². The lowest BCUT2D eigenvalue weighted by Gasteiger charge is -2.11. The second-order valence-electron chi connectivity index (χ2n) is 4.59. The van der Waals surface area contributed by atoms with Gasteiger partial charge in [-0.1, -0.05) is 0 Å². The van der Waals surface area contributed by atoms with E-state index in [2.05, 4.69) is 15.3 Å². The molecule has 0 saturated heterocycles. The molecule has 0 saturated carbocycles. The summed E-state index contributed by atoms with van der Waals surface area (Å²) in [6.45, 7) is 3.78. The van der Waals surface area contributed by atoms with Gasteiger partial charge in [0.15, 0.2) is 0 Å². The van der Waals surface area contributed by atoms with Crippen LogP contribution in [0, 0.1) is 0 Å². The molecule has 1 heterocycles. The molecule has 2 rings (SSSR count). The van der Waals surface area contributed by atoms with Crippen LogP contribution in [0.2, 0.25) is 0 Å². The number of fused-ring (bicyclic) bond motifs is 1. The lowest BCUT2D eigenvalue weighted by atomic mass is 10.2. The van der Waals surface area contributed by atoms with Crippen molar-refractivity contribution in [3.63, 3.8) is 0 Å². The fourth-order valence-electron chi connectivity index (χ4n) is 1.83. The van der Waals surface area contributed by atoms with Crippen molar-refractivity contribution in [2.75, 3.05) is 17.7 Å². The first kappa shape index (κ1) is 16.2. The summed E-state index contributed by atoms with van der Waals surface area (Å²) in [5.41, 5.74) is 1.58. The number of carbonyl (C=O) groups is 2. The van der Waals surface area contributed by atoms with Gasteiger partial charge in [-0.2, -0.15) is 0 Å². The number of esters is 1. The first-order valence-electron chi connectivity index (χ1n) is 6.79. The number of benzene rings is 1. The molecule has 1 aromatic carbocycles. The van der Waals surface area contributed by atoms with Gasteiger partial charge < -0.3 is 20.0 Å².